The van der Waals surface area contributed by atoms with Crippen molar-refractivity contribution in [2.24, 2.45) is 10.9 Å². The highest BCUT2D eigenvalue weighted by molar-refractivity contribution is 8.14. The van der Waals surface area contributed by atoms with Crippen molar-refractivity contribution in [2.45, 2.75) is 13.8 Å². The third kappa shape index (κ3) is 3.16. The maximum absolute atomic E-state index is 5.34. The largest absolute Gasteiger partial charge is 0.495 e. The van der Waals surface area contributed by atoms with Crippen molar-refractivity contribution in [1.82, 2.24) is 0 Å². The highest BCUT2D eigenvalue weighted by atomic mass is 32.2. The van der Waals surface area contributed by atoms with Crippen LogP contribution in [0.15, 0.2) is 23.2 Å². The van der Waals surface area contributed by atoms with Crippen molar-refractivity contribution in [3.05, 3.63) is 23.8 Å². The predicted octanol–water partition coefficient (Wildman–Crippen LogP) is 3.15. The van der Waals surface area contributed by atoms with E-state index in [0.717, 1.165) is 28.9 Å². The van der Waals surface area contributed by atoms with E-state index in [1.807, 2.05) is 12.1 Å². The summed E-state index contributed by atoms with van der Waals surface area (Å²) in [5, 5.41) is 4.34. The minimum Gasteiger partial charge on any atom is -0.495 e. The number of aryl methyl sites for hydroxylation is 1. The molecular formula is C13H18N2OS. The molecule has 4 heteroatoms. The molecule has 1 aliphatic rings. The lowest BCUT2D eigenvalue weighted by Gasteiger charge is -2.19. The fraction of sp³-hybridized carbons (Fsp3) is 0.462. The topological polar surface area (TPSA) is 33.6 Å². The quantitative estimate of drug-likeness (QED) is 0.875. The molecule has 1 unspecified atom stereocenters. The zero-order chi connectivity index (χ0) is 12.3. The first-order valence-corrected chi connectivity index (χ1v) is 6.76. The van der Waals surface area contributed by atoms with Gasteiger partial charge in [-0.15, -0.1) is 0 Å². The Morgan fingerprint density at radius 2 is 2.29 bits per heavy atom. The van der Waals surface area contributed by atoms with Crippen LogP contribution in [0.4, 0.5) is 5.69 Å². The monoisotopic (exact) mass is 250 g/mol. The number of hydrogen-bond acceptors (Lipinski definition) is 4. The van der Waals surface area contributed by atoms with Crippen molar-refractivity contribution in [3.63, 3.8) is 0 Å². The molecule has 92 valence electrons. The number of thioether (sulfide) groups is 1. The molecule has 0 aliphatic carbocycles. The molecule has 1 aliphatic heterocycles. The van der Waals surface area contributed by atoms with E-state index in [0.29, 0.717) is 5.92 Å². The van der Waals surface area contributed by atoms with Crippen molar-refractivity contribution < 1.29 is 4.74 Å². The number of nitrogens with zero attached hydrogens (tertiary/aromatic N) is 1. The van der Waals surface area contributed by atoms with Gasteiger partial charge in [-0.05, 0) is 30.5 Å². The molecule has 0 saturated heterocycles. The summed E-state index contributed by atoms with van der Waals surface area (Å²) < 4.78 is 5.34. The minimum atomic E-state index is 0.671. The van der Waals surface area contributed by atoms with Crippen LogP contribution in [0.3, 0.4) is 0 Å². The van der Waals surface area contributed by atoms with Gasteiger partial charge >= 0.3 is 0 Å². The van der Waals surface area contributed by atoms with Crippen LogP contribution >= 0.6 is 11.8 Å². The fourth-order valence-electron chi connectivity index (χ4n) is 1.67. The minimum absolute atomic E-state index is 0.671. The van der Waals surface area contributed by atoms with Crippen molar-refractivity contribution in [2.75, 3.05) is 24.7 Å². The smallest absolute Gasteiger partial charge is 0.161 e. The number of methoxy groups -OCH3 is 1. The van der Waals surface area contributed by atoms with E-state index in [2.05, 4.69) is 30.2 Å². The van der Waals surface area contributed by atoms with E-state index in [1.54, 1.807) is 18.9 Å². The first-order valence-electron chi connectivity index (χ1n) is 5.78. The zero-order valence-corrected chi connectivity index (χ0v) is 11.3. The van der Waals surface area contributed by atoms with Gasteiger partial charge in [0.2, 0.25) is 0 Å². The Morgan fingerprint density at radius 1 is 1.47 bits per heavy atom. The van der Waals surface area contributed by atoms with Crippen LogP contribution in [0, 0.1) is 12.8 Å². The van der Waals surface area contributed by atoms with Crippen molar-refractivity contribution in [3.8, 4) is 5.75 Å². The average Bonchev–Trinajstić information content (AvgIpc) is 2.32. The SMILES string of the molecule is COc1ccc(C)cc1NC1=NCC(C)CS1. The second kappa shape index (κ2) is 5.45. The predicted molar refractivity (Wildman–Crippen MR) is 75.3 cm³/mol. The third-order valence-electron chi connectivity index (χ3n) is 2.65. The molecule has 0 bridgehead atoms. The first kappa shape index (κ1) is 12.3. The van der Waals surface area contributed by atoms with E-state index in [-0.39, 0.29) is 0 Å². The van der Waals surface area contributed by atoms with Gasteiger partial charge in [0.25, 0.3) is 0 Å². The Hall–Kier alpha value is -1.16. The maximum Gasteiger partial charge on any atom is 0.161 e. The van der Waals surface area contributed by atoms with Gasteiger partial charge in [0, 0.05) is 12.3 Å². The summed E-state index contributed by atoms with van der Waals surface area (Å²) in [5.41, 5.74) is 2.20. The molecule has 0 amide bonds. The van der Waals surface area contributed by atoms with Crippen LogP contribution in [-0.4, -0.2) is 24.6 Å². The number of rotatable bonds is 2. The molecule has 3 nitrogen and oxygen atoms in total. The third-order valence-corrected chi connectivity index (χ3v) is 3.89. The van der Waals surface area contributed by atoms with Crippen molar-refractivity contribution in [1.29, 1.82) is 0 Å². The number of nitrogens with one attached hydrogen (secondary N) is 1. The molecule has 1 N–H and O–H groups in total. The highest BCUT2D eigenvalue weighted by Gasteiger charge is 2.13. The lowest BCUT2D eigenvalue weighted by atomic mass is 10.2. The van der Waals surface area contributed by atoms with Crippen LogP contribution in [0.2, 0.25) is 0 Å². The van der Waals surface area contributed by atoms with E-state index in [1.165, 1.54) is 5.56 Å². The molecule has 0 fully saturated rings. The van der Waals surface area contributed by atoms with Gasteiger partial charge < -0.3 is 10.1 Å². The summed E-state index contributed by atoms with van der Waals surface area (Å²) in [5.74, 6) is 2.66. The Morgan fingerprint density at radius 3 is 2.94 bits per heavy atom. The van der Waals surface area contributed by atoms with E-state index in [4.69, 9.17) is 4.74 Å². The van der Waals surface area contributed by atoms with Gasteiger partial charge in [0.1, 0.15) is 5.75 Å². The van der Waals surface area contributed by atoms with Crippen LogP contribution in [-0.2, 0) is 0 Å². The molecule has 2 rings (SSSR count). The van der Waals surface area contributed by atoms with Gasteiger partial charge in [0.15, 0.2) is 5.17 Å². The van der Waals surface area contributed by atoms with Crippen LogP contribution < -0.4 is 10.1 Å². The van der Waals surface area contributed by atoms with Gasteiger partial charge in [0.05, 0.1) is 12.8 Å². The molecule has 17 heavy (non-hydrogen) atoms. The Balaban J connectivity index is 2.15. The molecule has 0 spiro atoms. The number of amidine groups is 1. The lowest BCUT2D eigenvalue weighted by molar-refractivity contribution is 0.417. The number of hydrogen-bond donors (Lipinski definition) is 1. The Labute approximate surface area is 107 Å². The van der Waals surface area contributed by atoms with E-state index in [9.17, 15) is 0 Å². The second-order valence-electron chi connectivity index (χ2n) is 4.39. The lowest BCUT2D eigenvalue weighted by Crippen LogP contribution is -2.19. The summed E-state index contributed by atoms with van der Waals surface area (Å²) in [4.78, 5) is 4.52. The number of anilines is 1. The fourth-order valence-corrected chi connectivity index (χ4v) is 2.56. The molecule has 0 aromatic heterocycles. The van der Waals surface area contributed by atoms with Crippen LogP contribution in [0.5, 0.6) is 5.75 Å². The summed E-state index contributed by atoms with van der Waals surface area (Å²) in [6.45, 7) is 5.20. The normalized spacial score (nSPS) is 19.7. The second-order valence-corrected chi connectivity index (χ2v) is 5.40. The van der Waals surface area contributed by atoms with Crippen LogP contribution in [0.1, 0.15) is 12.5 Å². The Bertz CT molecular complexity index is 431. The van der Waals surface area contributed by atoms with Gasteiger partial charge in [-0.2, -0.15) is 0 Å². The molecule has 1 aromatic carbocycles. The molecule has 1 atom stereocenters. The summed E-state index contributed by atoms with van der Waals surface area (Å²) >= 11 is 1.77. The molecule has 1 heterocycles. The number of benzene rings is 1. The van der Waals surface area contributed by atoms with E-state index >= 15 is 0 Å². The molecule has 0 saturated carbocycles. The van der Waals surface area contributed by atoms with Crippen molar-refractivity contribution >= 4 is 22.6 Å². The average molecular weight is 250 g/mol. The first-order chi connectivity index (χ1) is 8.19. The number of ether oxygens (including phenoxy) is 1. The molecule has 0 radical (unpaired) electrons. The van der Waals surface area contributed by atoms with Gasteiger partial charge in [-0.3, -0.25) is 4.99 Å². The molecule has 1 aromatic rings. The van der Waals surface area contributed by atoms with Gasteiger partial charge in [-0.1, -0.05) is 24.8 Å². The van der Waals surface area contributed by atoms with Crippen LogP contribution in [0.25, 0.3) is 0 Å². The standard InChI is InChI=1S/C13H18N2OS/c1-9-4-5-12(16-3)11(6-9)15-13-14-7-10(2)8-17-13/h4-6,10H,7-8H2,1-3H3,(H,14,15). The zero-order valence-electron chi connectivity index (χ0n) is 10.5. The summed E-state index contributed by atoms with van der Waals surface area (Å²) in [6.07, 6.45) is 0. The summed E-state index contributed by atoms with van der Waals surface area (Å²) in [7, 11) is 1.69. The highest BCUT2D eigenvalue weighted by Crippen LogP contribution is 2.27. The maximum atomic E-state index is 5.34. The van der Waals surface area contributed by atoms with E-state index < -0.39 is 0 Å². The summed E-state index contributed by atoms with van der Waals surface area (Å²) in [6, 6.07) is 6.11. The Kier molecular flexibility index (Phi) is 3.94. The van der Waals surface area contributed by atoms with Gasteiger partial charge in [-0.25, -0.2) is 0 Å². The number of aliphatic imine (C=N–C) groups is 1. The molecular weight excluding hydrogens is 232 g/mol.